The van der Waals surface area contributed by atoms with Crippen LogP contribution < -0.4 is 11.1 Å². The number of methoxy groups -OCH3 is 1. The van der Waals surface area contributed by atoms with Crippen LogP contribution in [0.3, 0.4) is 0 Å². The third-order valence-electron chi connectivity index (χ3n) is 2.91. The molecule has 0 atom stereocenters. The van der Waals surface area contributed by atoms with Gasteiger partial charge in [-0.25, -0.2) is 0 Å². The van der Waals surface area contributed by atoms with Gasteiger partial charge >= 0.3 is 0 Å². The number of hydrogen-bond acceptors (Lipinski definition) is 5. The van der Waals surface area contributed by atoms with Crippen molar-refractivity contribution in [3.05, 3.63) is 0 Å². The van der Waals surface area contributed by atoms with Crippen LogP contribution in [0.5, 0.6) is 0 Å². The molecule has 0 saturated carbocycles. The van der Waals surface area contributed by atoms with Crippen molar-refractivity contribution in [2.45, 2.75) is 18.4 Å². The SMILES string of the molecule is COCCOCC(=O)NC1(CN)CCOCC1. The molecular formula is C11H22N2O4. The maximum atomic E-state index is 11.7. The highest BCUT2D eigenvalue weighted by Gasteiger charge is 2.32. The van der Waals surface area contributed by atoms with Crippen LogP contribution in [0, 0.1) is 0 Å². The number of nitrogens with two attached hydrogens (primary N) is 1. The van der Waals surface area contributed by atoms with Crippen LogP contribution in [-0.2, 0) is 19.0 Å². The van der Waals surface area contributed by atoms with E-state index in [1.54, 1.807) is 7.11 Å². The molecule has 0 unspecified atom stereocenters. The molecule has 0 bridgehead atoms. The molecule has 0 aromatic heterocycles. The van der Waals surface area contributed by atoms with E-state index < -0.39 is 0 Å². The number of amides is 1. The highest BCUT2D eigenvalue weighted by molar-refractivity contribution is 5.78. The standard InChI is InChI=1S/C11H22N2O4/c1-15-6-7-17-8-10(14)13-11(9-12)2-4-16-5-3-11/h2-9,12H2,1H3,(H,13,14). The van der Waals surface area contributed by atoms with Crippen molar-refractivity contribution in [2.75, 3.05) is 46.7 Å². The summed E-state index contributed by atoms with van der Waals surface area (Å²) in [4.78, 5) is 11.7. The van der Waals surface area contributed by atoms with Gasteiger partial charge in [0, 0.05) is 26.9 Å². The van der Waals surface area contributed by atoms with E-state index in [2.05, 4.69) is 5.32 Å². The van der Waals surface area contributed by atoms with Crippen LogP contribution in [0.2, 0.25) is 0 Å². The highest BCUT2D eigenvalue weighted by atomic mass is 16.5. The molecule has 1 aliphatic heterocycles. The molecule has 1 heterocycles. The lowest BCUT2D eigenvalue weighted by Crippen LogP contribution is -2.57. The number of hydrogen-bond donors (Lipinski definition) is 2. The Hall–Kier alpha value is -0.690. The first-order chi connectivity index (χ1) is 8.22. The molecule has 0 aliphatic carbocycles. The van der Waals surface area contributed by atoms with E-state index in [0.29, 0.717) is 33.0 Å². The molecule has 1 aliphatic rings. The summed E-state index contributed by atoms with van der Waals surface area (Å²) in [6, 6.07) is 0. The normalized spacial score (nSPS) is 18.9. The smallest absolute Gasteiger partial charge is 0.246 e. The monoisotopic (exact) mass is 246 g/mol. The summed E-state index contributed by atoms with van der Waals surface area (Å²) in [5, 5.41) is 2.95. The second-order valence-corrected chi connectivity index (χ2v) is 4.19. The fourth-order valence-electron chi connectivity index (χ4n) is 1.78. The summed E-state index contributed by atoms with van der Waals surface area (Å²) < 4.78 is 15.2. The van der Waals surface area contributed by atoms with Gasteiger partial charge in [0.15, 0.2) is 0 Å². The minimum atomic E-state index is -0.319. The Labute approximate surface area is 102 Å². The van der Waals surface area contributed by atoms with Crippen LogP contribution in [0.15, 0.2) is 0 Å². The van der Waals surface area contributed by atoms with Crippen molar-refractivity contribution < 1.29 is 19.0 Å². The molecule has 0 aromatic carbocycles. The van der Waals surface area contributed by atoms with E-state index in [-0.39, 0.29) is 18.1 Å². The Morgan fingerprint density at radius 1 is 1.41 bits per heavy atom. The van der Waals surface area contributed by atoms with Gasteiger partial charge in [-0.15, -0.1) is 0 Å². The van der Waals surface area contributed by atoms with Crippen molar-refractivity contribution in [1.29, 1.82) is 0 Å². The van der Waals surface area contributed by atoms with Crippen molar-refractivity contribution in [2.24, 2.45) is 5.73 Å². The van der Waals surface area contributed by atoms with E-state index in [1.165, 1.54) is 0 Å². The molecule has 0 aromatic rings. The zero-order valence-corrected chi connectivity index (χ0v) is 10.4. The minimum Gasteiger partial charge on any atom is -0.382 e. The average Bonchev–Trinajstić information content (AvgIpc) is 2.36. The molecule has 1 amide bonds. The van der Waals surface area contributed by atoms with Gasteiger partial charge in [-0.05, 0) is 12.8 Å². The van der Waals surface area contributed by atoms with E-state index in [9.17, 15) is 4.79 Å². The van der Waals surface area contributed by atoms with Gasteiger partial charge in [-0.3, -0.25) is 4.79 Å². The Kier molecular flexibility index (Phi) is 6.43. The van der Waals surface area contributed by atoms with Gasteiger partial charge in [0.25, 0.3) is 0 Å². The molecule has 3 N–H and O–H groups in total. The first kappa shape index (κ1) is 14.4. The van der Waals surface area contributed by atoms with Gasteiger partial charge in [0.1, 0.15) is 6.61 Å². The average molecular weight is 246 g/mol. The fourth-order valence-corrected chi connectivity index (χ4v) is 1.78. The van der Waals surface area contributed by atoms with E-state index in [4.69, 9.17) is 19.9 Å². The highest BCUT2D eigenvalue weighted by Crippen LogP contribution is 2.19. The van der Waals surface area contributed by atoms with Gasteiger partial charge < -0.3 is 25.3 Å². The second kappa shape index (κ2) is 7.60. The Balaban J connectivity index is 2.27. The van der Waals surface area contributed by atoms with Gasteiger partial charge in [-0.1, -0.05) is 0 Å². The molecule has 1 rings (SSSR count). The lowest BCUT2D eigenvalue weighted by atomic mass is 9.90. The number of rotatable bonds is 7. The molecule has 1 fully saturated rings. The summed E-state index contributed by atoms with van der Waals surface area (Å²) in [5.41, 5.74) is 5.41. The Morgan fingerprint density at radius 3 is 2.71 bits per heavy atom. The van der Waals surface area contributed by atoms with Gasteiger partial charge in [0.05, 0.1) is 18.8 Å². The van der Waals surface area contributed by atoms with Crippen LogP contribution in [0.25, 0.3) is 0 Å². The maximum absolute atomic E-state index is 11.7. The molecule has 6 nitrogen and oxygen atoms in total. The first-order valence-corrected chi connectivity index (χ1v) is 5.88. The molecule has 0 spiro atoms. The summed E-state index contributed by atoms with van der Waals surface area (Å²) >= 11 is 0. The number of carbonyl (C=O) groups excluding carboxylic acids is 1. The topological polar surface area (TPSA) is 82.8 Å². The number of carbonyl (C=O) groups is 1. The van der Waals surface area contributed by atoms with E-state index in [0.717, 1.165) is 12.8 Å². The first-order valence-electron chi connectivity index (χ1n) is 5.88. The van der Waals surface area contributed by atoms with Crippen molar-refractivity contribution in [1.82, 2.24) is 5.32 Å². The van der Waals surface area contributed by atoms with Crippen molar-refractivity contribution in [3.8, 4) is 0 Å². The minimum absolute atomic E-state index is 0.0476. The lowest BCUT2D eigenvalue weighted by Gasteiger charge is -2.36. The van der Waals surface area contributed by atoms with E-state index >= 15 is 0 Å². The lowest BCUT2D eigenvalue weighted by molar-refractivity contribution is -0.129. The quantitative estimate of drug-likeness (QED) is 0.579. The number of ether oxygens (including phenoxy) is 3. The van der Waals surface area contributed by atoms with E-state index in [1.807, 2.05) is 0 Å². The Morgan fingerprint density at radius 2 is 2.12 bits per heavy atom. The van der Waals surface area contributed by atoms with Crippen molar-refractivity contribution in [3.63, 3.8) is 0 Å². The molecule has 17 heavy (non-hydrogen) atoms. The van der Waals surface area contributed by atoms with Gasteiger partial charge in [-0.2, -0.15) is 0 Å². The fraction of sp³-hybridized carbons (Fsp3) is 0.909. The zero-order valence-electron chi connectivity index (χ0n) is 10.4. The maximum Gasteiger partial charge on any atom is 0.246 e. The van der Waals surface area contributed by atoms with Gasteiger partial charge in [0.2, 0.25) is 5.91 Å². The van der Waals surface area contributed by atoms with Crippen LogP contribution in [0.4, 0.5) is 0 Å². The zero-order chi connectivity index (χ0) is 12.6. The molecular weight excluding hydrogens is 224 g/mol. The summed E-state index contributed by atoms with van der Waals surface area (Å²) in [6.45, 7) is 2.67. The Bertz CT molecular complexity index is 230. The number of nitrogens with one attached hydrogen (secondary N) is 1. The molecule has 0 radical (unpaired) electrons. The molecule has 6 heteroatoms. The molecule has 1 saturated heterocycles. The predicted octanol–water partition coefficient (Wildman–Crippen LogP) is -0.726. The summed E-state index contributed by atoms with van der Waals surface area (Å²) in [5.74, 6) is -0.131. The molecule has 100 valence electrons. The predicted molar refractivity (Wildman–Crippen MR) is 62.7 cm³/mol. The largest absolute Gasteiger partial charge is 0.382 e. The van der Waals surface area contributed by atoms with Crippen LogP contribution >= 0.6 is 0 Å². The van der Waals surface area contributed by atoms with Crippen LogP contribution in [0.1, 0.15) is 12.8 Å². The summed E-state index contributed by atoms with van der Waals surface area (Å²) in [6.07, 6.45) is 1.51. The van der Waals surface area contributed by atoms with Crippen LogP contribution in [-0.4, -0.2) is 58.1 Å². The van der Waals surface area contributed by atoms with Crippen molar-refractivity contribution >= 4 is 5.91 Å². The third-order valence-corrected chi connectivity index (χ3v) is 2.91. The third kappa shape index (κ3) is 4.99. The summed E-state index contributed by atoms with van der Waals surface area (Å²) in [7, 11) is 1.59. The second-order valence-electron chi connectivity index (χ2n) is 4.19.